The van der Waals surface area contributed by atoms with Crippen molar-refractivity contribution in [1.29, 1.82) is 0 Å². The summed E-state index contributed by atoms with van der Waals surface area (Å²) in [4.78, 5) is 14.2. The van der Waals surface area contributed by atoms with Gasteiger partial charge in [0.15, 0.2) is 5.78 Å². The zero-order chi connectivity index (χ0) is 14.8. The molecule has 0 atom stereocenters. The van der Waals surface area contributed by atoms with E-state index in [0.717, 1.165) is 24.2 Å². The van der Waals surface area contributed by atoms with E-state index in [1.54, 1.807) is 18.2 Å². The number of halogens is 2. The second-order valence-corrected chi connectivity index (χ2v) is 5.59. The average Bonchev–Trinajstić information content (AvgIpc) is 2.65. The highest BCUT2D eigenvalue weighted by atomic mass is 35.5. The fourth-order valence-corrected chi connectivity index (χ4v) is 2.91. The first-order chi connectivity index (χ1) is 10.2. The summed E-state index contributed by atoms with van der Waals surface area (Å²) in [6.07, 6.45) is 1.31. The minimum Gasteiger partial charge on any atom is -0.366 e. The second-order valence-electron chi connectivity index (χ2n) is 5.18. The SMILES string of the molecule is O=C1CCCN(Cc2cccc(Cl)c2F)c2ccccc21. The highest BCUT2D eigenvalue weighted by molar-refractivity contribution is 6.30. The normalized spacial score (nSPS) is 14.8. The number of anilines is 1. The molecule has 1 heterocycles. The molecule has 0 fully saturated rings. The van der Waals surface area contributed by atoms with Gasteiger partial charge in [-0.25, -0.2) is 4.39 Å². The Bertz CT molecular complexity index is 686. The van der Waals surface area contributed by atoms with Gasteiger partial charge in [0.2, 0.25) is 0 Å². The summed E-state index contributed by atoms with van der Waals surface area (Å²) < 4.78 is 14.1. The molecule has 1 aliphatic rings. The highest BCUT2D eigenvalue weighted by Gasteiger charge is 2.21. The number of carbonyl (C=O) groups excluding carboxylic acids is 1. The molecule has 2 nitrogen and oxygen atoms in total. The van der Waals surface area contributed by atoms with Crippen molar-refractivity contribution < 1.29 is 9.18 Å². The molecule has 0 amide bonds. The third kappa shape index (κ3) is 2.79. The molecule has 0 saturated heterocycles. The summed E-state index contributed by atoms with van der Waals surface area (Å²) >= 11 is 5.84. The lowest BCUT2D eigenvalue weighted by Crippen LogP contribution is -2.24. The quantitative estimate of drug-likeness (QED) is 0.816. The van der Waals surface area contributed by atoms with Crippen LogP contribution >= 0.6 is 11.6 Å². The molecule has 0 spiro atoms. The molecule has 0 bridgehead atoms. The summed E-state index contributed by atoms with van der Waals surface area (Å²) in [5, 5.41) is 0.131. The molecule has 0 aliphatic carbocycles. The van der Waals surface area contributed by atoms with Gasteiger partial charge in [-0.15, -0.1) is 0 Å². The minimum absolute atomic E-state index is 0.131. The van der Waals surface area contributed by atoms with Crippen molar-refractivity contribution >= 4 is 23.1 Å². The minimum atomic E-state index is -0.382. The molecular weight excluding hydrogens is 289 g/mol. The molecular formula is C17H15ClFNO. The molecule has 0 N–H and O–H groups in total. The van der Waals surface area contributed by atoms with E-state index >= 15 is 0 Å². The first-order valence-electron chi connectivity index (χ1n) is 6.97. The molecule has 3 rings (SSSR count). The number of nitrogens with zero attached hydrogens (tertiary/aromatic N) is 1. The lowest BCUT2D eigenvalue weighted by Gasteiger charge is -2.25. The van der Waals surface area contributed by atoms with Crippen LogP contribution in [-0.4, -0.2) is 12.3 Å². The number of hydrogen-bond acceptors (Lipinski definition) is 2. The Hall–Kier alpha value is -1.87. The molecule has 4 heteroatoms. The van der Waals surface area contributed by atoms with Crippen molar-refractivity contribution in [3.05, 3.63) is 64.4 Å². The number of benzene rings is 2. The lowest BCUT2D eigenvalue weighted by molar-refractivity contribution is 0.0984. The Kier molecular flexibility index (Phi) is 3.93. The first kappa shape index (κ1) is 14.1. The summed E-state index contributed by atoms with van der Waals surface area (Å²) in [6, 6.07) is 12.5. The third-order valence-electron chi connectivity index (χ3n) is 3.77. The monoisotopic (exact) mass is 303 g/mol. The van der Waals surface area contributed by atoms with E-state index in [9.17, 15) is 9.18 Å². The number of para-hydroxylation sites is 1. The van der Waals surface area contributed by atoms with Crippen LogP contribution < -0.4 is 4.90 Å². The maximum atomic E-state index is 14.1. The zero-order valence-electron chi connectivity index (χ0n) is 11.5. The van der Waals surface area contributed by atoms with E-state index < -0.39 is 0 Å². The smallest absolute Gasteiger partial charge is 0.165 e. The van der Waals surface area contributed by atoms with E-state index in [-0.39, 0.29) is 16.6 Å². The zero-order valence-corrected chi connectivity index (χ0v) is 12.2. The van der Waals surface area contributed by atoms with Gasteiger partial charge in [-0.2, -0.15) is 0 Å². The second kappa shape index (κ2) is 5.86. The van der Waals surface area contributed by atoms with E-state index in [0.29, 0.717) is 18.5 Å². The topological polar surface area (TPSA) is 20.3 Å². The van der Waals surface area contributed by atoms with Crippen molar-refractivity contribution in [2.45, 2.75) is 19.4 Å². The third-order valence-corrected chi connectivity index (χ3v) is 4.06. The number of rotatable bonds is 2. The van der Waals surface area contributed by atoms with Crippen molar-refractivity contribution in [3.63, 3.8) is 0 Å². The van der Waals surface area contributed by atoms with Crippen LogP contribution in [-0.2, 0) is 6.54 Å². The van der Waals surface area contributed by atoms with Crippen LogP contribution in [0.25, 0.3) is 0 Å². The van der Waals surface area contributed by atoms with Gasteiger partial charge < -0.3 is 4.90 Å². The molecule has 0 unspecified atom stereocenters. The van der Waals surface area contributed by atoms with Crippen LogP contribution in [0.4, 0.5) is 10.1 Å². The summed E-state index contributed by atoms with van der Waals surface area (Å²) in [7, 11) is 0. The number of hydrogen-bond donors (Lipinski definition) is 0. The van der Waals surface area contributed by atoms with Gasteiger partial charge in [0.25, 0.3) is 0 Å². The predicted octanol–water partition coefficient (Wildman–Crippen LogP) is 4.46. The largest absolute Gasteiger partial charge is 0.366 e. The average molecular weight is 304 g/mol. The Balaban J connectivity index is 1.97. The fraction of sp³-hybridized carbons (Fsp3) is 0.235. The molecule has 0 radical (unpaired) electrons. The van der Waals surface area contributed by atoms with Gasteiger partial charge in [-0.05, 0) is 24.6 Å². The Labute approximate surface area is 128 Å². The van der Waals surface area contributed by atoms with E-state index in [1.807, 2.05) is 24.3 Å². The highest BCUT2D eigenvalue weighted by Crippen LogP contribution is 2.28. The first-order valence-corrected chi connectivity index (χ1v) is 7.34. The lowest BCUT2D eigenvalue weighted by atomic mass is 10.1. The number of fused-ring (bicyclic) bond motifs is 1. The van der Waals surface area contributed by atoms with Gasteiger partial charge in [0.05, 0.1) is 5.02 Å². The van der Waals surface area contributed by atoms with Crippen LogP contribution in [0.3, 0.4) is 0 Å². The summed E-state index contributed by atoms with van der Waals surface area (Å²) in [5.74, 6) is -0.230. The van der Waals surface area contributed by atoms with Crippen molar-refractivity contribution in [2.75, 3.05) is 11.4 Å². The van der Waals surface area contributed by atoms with Gasteiger partial charge in [-0.3, -0.25) is 4.79 Å². The standard InChI is InChI=1S/C17H15ClFNO/c18-14-7-3-5-12(17(14)19)11-20-10-4-9-16(21)13-6-1-2-8-15(13)20/h1-3,5-8H,4,9-11H2. The van der Waals surface area contributed by atoms with E-state index in [1.165, 1.54) is 0 Å². The van der Waals surface area contributed by atoms with Crippen LogP contribution in [0.2, 0.25) is 5.02 Å². The van der Waals surface area contributed by atoms with Crippen LogP contribution in [0.5, 0.6) is 0 Å². The van der Waals surface area contributed by atoms with Gasteiger partial charge >= 0.3 is 0 Å². The number of ketones is 1. The summed E-state index contributed by atoms with van der Waals surface area (Å²) in [5.41, 5.74) is 2.14. The van der Waals surface area contributed by atoms with Crippen molar-refractivity contribution in [3.8, 4) is 0 Å². The van der Waals surface area contributed by atoms with Gasteiger partial charge in [0, 0.05) is 36.3 Å². The Morgan fingerprint density at radius 3 is 2.81 bits per heavy atom. The molecule has 2 aromatic carbocycles. The Morgan fingerprint density at radius 2 is 1.95 bits per heavy atom. The van der Waals surface area contributed by atoms with Crippen LogP contribution in [0.15, 0.2) is 42.5 Å². The van der Waals surface area contributed by atoms with Crippen molar-refractivity contribution in [2.24, 2.45) is 0 Å². The molecule has 0 aromatic heterocycles. The van der Waals surface area contributed by atoms with E-state index in [4.69, 9.17) is 11.6 Å². The number of Topliss-reactive ketones (excluding diaryl/α,β-unsaturated/α-hetero) is 1. The maximum absolute atomic E-state index is 14.1. The van der Waals surface area contributed by atoms with E-state index in [2.05, 4.69) is 4.90 Å². The molecule has 1 aliphatic heterocycles. The van der Waals surface area contributed by atoms with Crippen LogP contribution in [0, 0.1) is 5.82 Å². The molecule has 0 saturated carbocycles. The maximum Gasteiger partial charge on any atom is 0.165 e. The predicted molar refractivity (Wildman–Crippen MR) is 82.5 cm³/mol. The number of carbonyl (C=O) groups is 1. The summed E-state index contributed by atoms with van der Waals surface area (Å²) in [6.45, 7) is 1.14. The van der Waals surface area contributed by atoms with Gasteiger partial charge in [0.1, 0.15) is 5.82 Å². The fourth-order valence-electron chi connectivity index (χ4n) is 2.71. The van der Waals surface area contributed by atoms with Crippen LogP contribution in [0.1, 0.15) is 28.8 Å². The molecule has 108 valence electrons. The Morgan fingerprint density at radius 1 is 1.14 bits per heavy atom. The molecule has 2 aromatic rings. The van der Waals surface area contributed by atoms with Gasteiger partial charge in [-0.1, -0.05) is 35.9 Å². The van der Waals surface area contributed by atoms with Crippen molar-refractivity contribution in [1.82, 2.24) is 0 Å². The molecule has 21 heavy (non-hydrogen) atoms.